The number of carboxylic acids is 1. The van der Waals surface area contributed by atoms with Crippen molar-refractivity contribution < 1.29 is 19.4 Å². The molecule has 0 atom stereocenters. The fourth-order valence-corrected chi connectivity index (χ4v) is 3.08. The molecule has 1 N–H and O–H groups in total. The first-order valence-electron chi connectivity index (χ1n) is 9.47. The molecule has 0 unspecified atom stereocenters. The van der Waals surface area contributed by atoms with Crippen LogP contribution in [0.2, 0.25) is 0 Å². The number of carboxylic acid groups (broad SMARTS) is 1. The average molecular weight is 388 g/mol. The van der Waals surface area contributed by atoms with Gasteiger partial charge < -0.3 is 14.6 Å². The van der Waals surface area contributed by atoms with E-state index in [9.17, 15) is 9.90 Å². The Morgan fingerprint density at radius 1 is 0.862 bits per heavy atom. The van der Waals surface area contributed by atoms with Gasteiger partial charge in [0, 0.05) is 0 Å². The fraction of sp³-hybridized carbons (Fsp3) is 0.160. The van der Waals surface area contributed by atoms with Crippen LogP contribution in [0.4, 0.5) is 0 Å². The third-order valence-corrected chi connectivity index (χ3v) is 4.49. The third kappa shape index (κ3) is 5.48. The van der Waals surface area contributed by atoms with Crippen molar-refractivity contribution in [2.24, 2.45) is 0 Å². The molecule has 0 saturated carbocycles. The van der Waals surface area contributed by atoms with Crippen molar-refractivity contribution in [2.75, 3.05) is 13.2 Å². The minimum atomic E-state index is -0.968. The minimum Gasteiger partial charge on any atom is -0.490 e. The van der Waals surface area contributed by atoms with E-state index in [2.05, 4.69) is 0 Å². The molecule has 3 rings (SSSR count). The van der Waals surface area contributed by atoms with Gasteiger partial charge in [-0.25, -0.2) is 4.79 Å². The smallest absolute Gasteiger partial charge is 0.336 e. The molecule has 0 radical (unpaired) electrons. The van der Waals surface area contributed by atoms with Crippen molar-refractivity contribution in [2.45, 2.75) is 13.8 Å². The molecule has 0 bridgehead atoms. The highest BCUT2D eigenvalue weighted by molar-refractivity contribution is 6.20. The van der Waals surface area contributed by atoms with Crippen molar-refractivity contribution in [3.8, 4) is 11.5 Å². The van der Waals surface area contributed by atoms with Gasteiger partial charge >= 0.3 is 5.97 Å². The van der Waals surface area contributed by atoms with E-state index in [4.69, 9.17) is 9.47 Å². The lowest BCUT2D eigenvalue weighted by molar-refractivity contribution is -0.130. The van der Waals surface area contributed by atoms with Gasteiger partial charge in [-0.3, -0.25) is 0 Å². The second-order valence-corrected chi connectivity index (χ2v) is 6.72. The maximum absolute atomic E-state index is 11.7. The fourth-order valence-electron chi connectivity index (χ4n) is 3.08. The second-order valence-electron chi connectivity index (χ2n) is 6.72. The molecule has 4 heteroatoms. The largest absolute Gasteiger partial charge is 0.490 e. The quantitative estimate of drug-likeness (QED) is 0.319. The number of ether oxygens (including phenoxy) is 2. The summed E-state index contributed by atoms with van der Waals surface area (Å²) in [7, 11) is 0. The molecule has 0 aliphatic rings. The Labute approximate surface area is 171 Å². The van der Waals surface area contributed by atoms with Crippen LogP contribution < -0.4 is 9.47 Å². The first-order valence-corrected chi connectivity index (χ1v) is 9.47. The van der Waals surface area contributed by atoms with Crippen molar-refractivity contribution >= 4 is 17.6 Å². The van der Waals surface area contributed by atoms with Crippen LogP contribution in [0.5, 0.6) is 11.5 Å². The van der Waals surface area contributed by atoms with Crippen LogP contribution in [-0.2, 0) is 4.79 Å². The van der Waals surface area contributed by atoms with E-state index in [1.165, 1.54) is 0 Å². The van der Waals surface area contributed by atoms with Gasteiger partial charge in [0.1, 0.15) is 24.7 Å². The molecule has 148 valence electrons. The number of aryl methyl sites for hydroxylation is 2. The molecule has 0 saturated heterocycles. The predicted octanol–water partition coefficient (Wildman–Crippen LogP) is 5.39. The SMILES string of the molecule is Cc1cccc(C)c1OCCOc1cccc(/C=C(\C(=O)O)c2ccccc2)c1. The highest BCUT2D eigenvalue weighted by atomic mass is 16.5. The average Bonchev–Trinajstić information content (AvgIpc) is 2.72. The minimum absolute atomic E-state index is 0.237. The molecule has 0 heterocycles. The Morgan fingerprint density at radius 2 is 1.52 bits per heavy atom. The van der Waals surface area contributed by atoms with Crippen LogP contribution in [-0.4, -0.2) is 24.3 Å². The third-order valence-electron chi connectivity index (χ3n) is 4.49. The number of para-hydroxylation sites is 1. The van der Waals surface area contributed by atoms with Crippen LogP contribution in [0, 0.1) is 13.8 Å². The van der Waals surface area contributed by atoms with Crippen LogP contribution in [0.3, 0.4) is 0 Å². The zero-order valence-corrected chi connectivity index (χ0v) is 16.6. The number of hydrogen-bond acceptors (Lipinski definition) is 3. The molecule has 0 aliphatic heterocycles. The summed E-state index contributed by atoms with van der Waals surface area (Å²) in [6.45, 7) is 4.86. The molecule has 4 nitrogen and oxygen atoms in total. The second kappa shape index (κ2) is 9.60. The van der Waals surface area contributed by atoms with Crippen molar-refractivity contribution in [3.05, 3.63) is 95.1 Å². The first-order chi connectivity index (χ1) is 14.0. The van der Waals surface area contributed by atoms with Gasteiger partial charge in [-0.05, 0) is 54.3 Å². The predicted molar refractivity (Wildman–Crippen MR) is 115 cm³/mol. The lowest BCUT2D eigenvalue weighted by Gasteiger charge is -2.13. The number of hydrogen-bond donors (Lipinski definition) is 1. The molecule has 0 fully saturated rings. The van der Waals surface area contributed by atoms with E-state index in [1.807, 2.05) is 74.5 Å². The Morgan fingerprint density at radius 3 is 2.21 bits per heavy atom. The topological polar surface area (TPSA) is 55.8 Å². The summed E-state index contributed by atoms with van der Waals surface area (Å²) in [5, 5.41) is 9.57. The highest BCUT2D eigenvalue weighted by Crippen LogP contribution is 2.23. The Balaban J connectivity index is 1.66. The summed E-state index contributed by atoms with van der Waals surface area (Å²) in [4.78, 5) is 11.7. The van der Waals surface area contributed by atoms with Crippen LogP contribution in [0.25, 0.3) is 11.6 Å². The van der Waals surface area contributed by atoms with Crippen LogP contribution in [0.15, 0.2) is 72.8 Å². The van der Waals surface area contributed by atoms with E-state index in [1.54, 1.807) is 18.2 Å². The van der Waals surface area contributed by atoms with Gasteiger partial charge in [-0.1, -0.05) is 60.7 Å². The monoisotopic (exact) mass is 388 g/mol. The molecule has 29 heavy (non-hydrogen) atoms. The lowest BCUT2D eigenvalue weighted by Crippen LogP contribution is -2.10. The Bertz CT molecular complexity index is 986. The molecule has 3 aromatic rings. The molecular formula is C25H24O4. The van der Waals surface area contributed by atoms with Crippen LogP contribution in [0.1, 0.15) is 22.3 Å². The number of carbonyl (C=O) groups is 1. The normalized spacial score (nSPS) is 11.2. The van der Waals surface area contributed by atoms with Gasteiger partial charge in [0.25, 0.3) is 0 Å². The van der Waals surface area contributed by atoms with Gasteiger partial charge in [0.05, 0.1) is 5.57 Å². The van der Waals surface area contributed by atoms with E-state index in [0.29, 0.717) is 24.5 Å². The van der Waals surface area contributed by atoms with Gasteiger partial charge in [0.2, 0.25) is 0 Å². The lowest BCUT2D eigenvalue weighted by atomic mass is 10.0. The van der Waals surface area contributed by atoms with Gasteiger partial charge in [-0.2, -0.15) is 0 Å². The Kier molecular flexibility index (Phi) is 6.69. The number of benzene rings is 3. The van der Waals surface area contributed by atoms with E-state index in [0.717, 1.165) is 22.4 Å². The summed E-state index contributed by atoms with van der Waals surface area (Å²) in [5.74, 6) is 0.591. The molecule has 0 spiro atoms. The maximum Gasteiger partial charge on any atom is 0.336 e. The molecule has 0 amide bonds. The highest BCUT2D eigenvalue weighted by Gasteiger charge is 2.10. The zero-order chi connectivity index (χ0) is 20.6. The summed E-state index contributed by atoms with van der Waals surface area (Å²) in [5.41, 5.74) is 3.85. The summed E-state index contributed by atoms with van der Waals surface area (Å²) < 4.78 is 11.7. The molecule has 0 aromatic heterocycles. The standard InChI is InChI=1S/C25H24O4/c1-18-8-6-9-19(2)24(18)29-15-14-28-22-13-7-10-20(16-22)17-23(25(26)27)21-11-4-3-5-12-21/h3-13,16-17H,14-15H2,1-2H3,(H,26,27)/b23-17-. The van der Waals surface area contributed by atoms with Gasteiger partial charge in [-0.15, -0.1) is 0 Å². The van der Waals surface area contributed by atoms with Crippen molar-refractivity contribution in [1.29, 1.82) is 0 Å². The summed E-state index contributed by atoms with van der Waals surface area (Å²) in [6.07, 6.45) is 1.65. The number of aliphatic carboxylic acids is 1. The molecule has 0 aliphatic carbocycles. The zero-order valence-electron chi connectivity index (χ0n) is 16.6. The van der Waals surface area contributed by atoms with Gasteiger partial charge in [0.15, 0.2) is 0 Å². The number of rotatable bonds is 8. The molecule has 3 aromatic carbocycles. The summed E-state index contributed by atoms with van der Waals surface area (Å²) >= 11 is 0. The van der Waals surface area contributed by atoms with E-state index < -0.39 is 5.97 Å². The Hall–Kier alpha value is -3.53. The van der Waals surface area contributed by atoms with E-state index >= 15 is 0 Å². The van der Waals surface area contributed by atoms with Crippen molar-refractivity contribution in [1.82, 2.24) is 0 Å². The molecular weight excluding hydrogens is 364 g/mol. The van der Waals surface area contributed by atoms with Crippen molar-refractivity contribution in [3.63, 3.8) is 0 Å². The summed E-state index contributed by atoms with van der Waals surface area (Å²) in [6, 6.07) is 22.5. The first kappa shape index (κ1) is 20.2. The van der Waals surface area contributed by atoms with Crippen LogP contribution >= 0.6 is 0 Å². The maximum atomic E-state index is 11.7. The van der Waals surface area contributed by atoms with E-state index in [-0.39, 0.29) is 5.57 Å².